The van der Waals surface area contributed by atoms with Gasteiger partial charge in [0, 0.05) is 0 Å². The first kappa shape index (κ1) is 15.1. The van der Waals surface area contributed by atoms with Crippen LogP contribution in [0.25, 0.3) is 0 Å². The molecule has 0 aliphatic heterocycles. The van der Waals surface area contributed by atoms with Crippen molar-refractivity contribution in [3.63, 3.8) is 0 Å². The zero-order chi connectivity index (χ0) is 13.1. The summed E-state index contributed by atoms with van der Waals surface area (Å²) in [6.45, 7) is 2.40. The molecule has 0 spiro atoms. The second-order valence-corrected chi connectivity index (χ2v) is 3.34. The minimum Gasteiger partial charge on any atom is -0.370 e. The summed E-state index contributed by atoms with van der Waals surface area (Å²) in [6.07, 6.45) is -0.0385. The molecule has 5 N–H and O–H groups in total. The largest absolute Gasteiger partial charge is 0.370 e. The maximum absolute atomic E-state index is 10.6. The molecule has 2 amide bonds. The number of carbonyl (C=O) groups is 2. The molecule has 0 aliphatic carbocycles. The molecule has 1 atom stereocenters. The van der Waals surface area contributed by atoms with Crippen LogP contribution in [-0.4, -0.2) is 24.4 Å². The number of nitrogens with two attached hydrogens (primary N) is 2. The lowest BCUT2D eigenvalue weighted by Gasteiger charge is -2.10. The van der Waals surface area contributed by atoms with Crippen molar-refractivity contribution in [2.24, 2.45) is 11.5 Å². The van der Waals surface area contributed by atoms with E-state index in [0.717, 1.165) is 0 Å². The van der Waals surface area contributed by atoms with Crippen molar-refractivity contribution in [2.75, 3.05) is 6.54 Å². The van der Waals surface area contributed by atoms with Gasteiger partial charge in [-0.25, -0.2) is 0 Å². The van der Waals surface area contributed by atoms with E-state index < -0.39 is 17.9 Å². The molecule has 1 unspecified atom stereocenters. The van der Waals surface area contributed by atoms with E-state index in [1.54, 1.807) is 0 Å². The fourth-order valence-electron chi connectivity index (χ4n) is 1.11. The molecule has 0 aromatic heterocycles. The second-order valence-electron chi connectivity index (χ2n) is 3.34. The highest BCUT2D eigenvalue weighted by molar-refractivity contribution is 5.86. The van der Waals surface area contributed by atoms with E-state index >= 15 is 0 Å². The lowest BCUT2D eigenvalue weighted by Crippen LogP contribution is -2.43. The lowest BCUT2D eigenvalue weighted by atomic mass is 10.2. The van der Waals surface area contributed by atoms with Gasteiger partial charge < -0.3 is 16.8 Å². The predicted molar refractivity (Wildman–Crippen MR) is 66.9 cm³/mol. The molecule has 0 radical (unpaired) electrons. The van der Waals surface area contributed by atoms with Crippen LogP contribution in [-0.2, 0) is 9.59 Å². The van der Waals surface area contributed by atoms with Crippen molar-refractivity contribution in [3.05, 3.63) is 36.4 Å². The Morgan fingerprint density at radius 1 is 1.06 bits per heavy atom. The van der Waals surface area contributed by atoms with Crippen LogP contribution in [0.4, 0.5) is 0 Å². The number of likely N-dealkylation sites (N-methyl/N-ethyl adjacent to an activating group) is 1. The van der Waals surface area contributed by atoms with E-state index in [4.69, 9.17) is 11.5 Å². The van der Waals surface area contributed by atoms with E-state index in [0.29, 0.717) is 6.54 Å². The highest BCUT2D eigenvalue weighted by Gasteiger charge is 2.15. The van der Waals surface area contributed by atoms with Crippen LogP contribution in [0.15, 0.2) is 36.4 Å². The van der Waals surface area contributed by atoms with Crippen molar-refractivity contribution in [2.45, 2.75) is 19.4 Å². The number of amides is 2. The lowest BCUT2D eigenvalue weighted by molar-refractivity contribution is -0.125. The Morgan fingerprint density at radius 3 is 1.71 bits per heavy atom. The smallest absolute Gasteiger partial charge is 0.235 e. The Balaban J connectivity index is 0.000000354. The summed E-state index contributed by atoms with van der Waals surface area (Å²) in [4.78, 5) is 20.9. The van der Waals surface area contributed by atoms with Gasteiger partial charge in [-0.05, 0) is 6.54 Å². The van der Waals surface area contributed by atoms with Gasteiger partial charge >= 0.3 is 0 Å². The quantitative estimate of drug-likeness (QED) is 0.672. The summed E-state index contributed by atoms with van der Waals surface area (Å²) in [5.41, 5.74) is 9.84. The third kappa shape index (κ3) is 9.07. The van der Waals surface area contributed by atoms with Gasteiger partial charge in [0.2, 0.25) is 11.8 Å². The average Bonchev–Trinajstić information content (AvgIpc) is 2.31. The van der Waals surface area contributed by atoms with Gasteiger partial charge in [-0.15, -0.1) is 0 Å². The molecule has 0 saturated carbocycles. The maximum Gasteiger partial charge on any atom is 0.235 e. The molecule has 0 bridgehead atoms. The molecular weight excluding hydrogens is 218 g/mol. The van der Waals surface area contributed by atoms with E-state index in [-0.39, 0.29) is 6.42 Å². The molecule has 0 aliphatic rings. The van der Waals surface area contributed by atoms with Crippen molar-refractivity contribution < 1.29 is 9.59 Å². The highest BCUT2D eigenvalue weighted by Crippen LogP contribution is 1.88. The number of rotatable bonds is 5. The van der Waals surface area contributed by atoms with Crippen molar-refractivity contribution in [1.82, 2.24) is 5.32 Å². The maximum atomic E-state index is 10.6. The van der Waals surface area contributed by atoms with Gasteiger partial charge in [-0.1, -0.05) is 43.3 Å². The number of hydrogen-bond acceptors (Lipinski definition) is 3. The van der Waals surface area contributed by atoms with E-state index in [1.165, 1.54) is 0 Å². The van der Waals surface area contributed by atoms with Crippen LogP contribution in [0.5, 0.6) is 0 Å². The Hall–Kier alpha value is -1.88. The summed E-state index contributed by atoms with van der Waals surface area (Å²) >= 11 is 0. The van der Waals surface area contributed by atoms with Gasteiger partial charge in [0.1, 0.15) is 0 Å². The summed E-state index contributed by atoms with van der Waals surface area (Å²) in [5.74, 6) is -1.08. The Labute approximate surface area is 101 Å². The van der Waals surface area contributed by atoms with Crippen molar-refractivity contribution >= 4 is 11.8 Å². The van der Waals surface area contributed by atoms with Crippen LogP contribution in [0.2, 0.25) is 0 Å². The molecule has 5 nitrogen and oxygen atoms in total. The minimum atomic E-state index is -0.627. The number of benzene rings is 1. The molecular formula is C12H19N3O2. The van der Waals surface area contributed by atoms with Crippen LogP contribution in [0, 0.1) is 0 Å². The molecule has 1 aromatic carbocycles. The topological polar surface area (TPSA) is 98.2 Å². The van der Waals surface area contributed by atoms with Crippen molar-refractivity contribution in [3.8, 4) is 0 Å². The number of primary amides is 2. The summed E-state index contributed by atoms with van der Waals surface area (Å²) < 4.78 is 0. The number of carbonyl (C=O) groups excluding carboxylic acids is 2. The molecule has 17 heavy (non-hydrogen) atoms. The van der Waals surface area contributed by atoms with Gasteiger partial charge in [0.15, 0.2) is 0 Å². The molecule has 94 valence electrons. The molecule has 0 saturated heterocycles. The number of hydrogen-bond donors (Lipinski definition) is 3. The van der Waals surface area contributed by atoms with Crippen molar-refractivity contribution in [1.29, 1.82) is 0 Å². The van der Waals surface area contributed by atoms with Crippen LogP contribution < -0.4 is 16.8 Å². The monoisotopic (exact) mass is 237 g/mol. The Bertz CT molecular complexity index is 301. The van der Waals surface area contributed by atoms with E-state index in [1.807, 2.05) is 43.3 Å². The van der Waals surface area contributed by atoms with Gasteiger partial charge in [-0.3, -0.25) is 9.59 Å². The Kier molecular flexibility index (Phi) is 8.32. The zero-order valence-electron chi connectivity index (χ0n) is 9.93. The third-order valence-electron chi connectivity index (χ3n) is 1.87. The molecule has 0 fully saturated rings. The van der Waals surface area contributed by atoms with Gasteiger partial charge in [0.05, 0.1) is 12.5 Å². The molecule has 0 heterocycles. The summed E-state index contributed by atoms with van der Waals surface area (Å²) in [7, 11) is 0. The normalized spacial score (nSPS) is 10.9. The van der Waals surface area contributed by atoms with E-state index in [2.05, 4.69) is 5.32 Å². The summed E-state index contributed by atoms with van der Waals surface area (Å²) in [6, 6.07) is 11.4. The fourth-order valence-corrected chi connectivity index (χ4v) is 1.11. The zero-order valence-corrected chi connectivity index (χ0v) is 9.93. The van der Waals surface area contributed by atoms with Crippen LogP contribution >= 0.6 is 0 Å². The van der Waals surface area contributed by atoms with Crippen LogP contribution in [0.1, 0.15) is 13.3 Å². The fraction of sp³-hybridized carbons (Fsp3) is 0.333. The van der Waals surface area contributed by atoms with Crippen LogP contribution in [0.3, 0.4) is 0 Å². The average molecular weight is 237 g/mol. The second kappa shape index (κ2) is 9.35. The first-order valence-corrected chi connectivity index (χ1v) is 5.39. The number of nitrogens with one attached hydrogen (secondary N) is 1. The predicted octanol–water partition coefficient (Wildman–Crippen LogP) is 0.0118. The first-order valence-electron chi connectivity index (χ1n) is 5.39. The molecule has 1 rings (SSSR count). The standard InChI is InChI=1S/C6H13N3O2.C6H6/c1-2-9-4(6(8)11)3-5(7)10;1-2-4-6-5-3-1/h4,9H,2-3H2,1H3,(H2,7,10)(H2,8,11);1-6H. The van der Waals surface area contributed by atoms with Gasteiger partial charge in [-0.2, -0.15) is 0 Å². The highest BCUT2D eigenvalue weighted by atomic mass is 16.2. The van der Waals surface area contributed by atoms with Gasteiger partial charge in [0.25, 0.3) is 0 Å². The first-order chi connectivity index (χ1) is 8.07. The summed E-state index contributed by atoms with van der Waals surface area (Å²) in [5, 5.41) is 2.74. The van der Waals surface area contributed by atoms with E-state index in [9.17, 15) is 9.59 Å². The molecule has 1 aromatic rings. The molecule has 5 heteroatoms. The SMILES string of the molecule is CCNC(CC(N)=O)C(N)=O.c1ccccc1. The minimum absolute atomic E-state index is 0.0385. The Morgan fingerprint density at radius 2 is 1.47 bits per heavy atom. The third-order valence-corrected chi connectivity index (χ3v) is 1.87.